The van der Waals surface area contributed by atoms with E-state index >= 15 is 0 Å². The van der Waals surface area contributed by atoms with Crippen molar-refractivity contribution in [1.29, 1.82) is 0 Å². The standard InChI is InChI=1S/C15H25NO4/c1-6-19-13(17)11-9-7-8-10(2)12(11)16-14(18)20-15(3,4)5/h11-12H,2,6-9H2,1,3-5H3,(H,16,18)/t11-,12-/m0/s1. The van der Waals surface area contributed by atoms with E-state index in [4.69, 9.17) is 9.47 Å². The lowest BCUT2D eigenvalue weighted by atomic mass is 9.81. The molecular formula is C15H25NO4. The first-order valence-electron chi connectivity index (χ1n) is 7.08. The van der Waals surface area contributed by atoms with Crippen LogP contribution >= 0.6 is 0 Å². The van der Waals surface area contributed by atoms with Gasteiger partial charge in [-0.2, -0.15) is 0 Å². The second-order valence-electron chi connectivity index (χ2n) is 6.03. The summed E-state index contributed by atoms with van der Waals surface area (Å²) in [7, 11) is 0. The highest BCUT2D eigenvalue weighted by Crippen LogP contribution is 2.29. The molecule has 1 fully saturated rings. The molecule has 0 heterocycles. The zero-order valence-corrected chi connectivity index (χ0v) is 12.8. The Morgan fingerprint density at radius 3 is 2.60 bits per heavy atom. The fourth-order valence-corrected chi connectivity index (χ4v) is 2.30. The third kappa shape index (κ3) is 4.87. The zero-order chi connectivity index (χ0) is 15.3. The van der Waals surface area contributed by atoms with E-state index < -0.39 is 17.7 Å². The molecule has 0 aliphatic heterocycles. The minimum atomic E-state index is -0.570. The Hall–Kier alpha value is -1.52. The third-order valence-electron chi connectivity index (χ3n) is 3.12. The van der Waals surface area contributed by atoms with E-state index in [0.717, 1.165) is 18.4 Å². The van der Waals surface area contributed by atoms with Crippen LogP contribution in [-0.2, 0) is 14.3 Å². The number of carbonyl (C=O) groups excluding carboxylic acids is 2. The Morgan fingerprint density at radius 2 is 2.05 bits per heavy atom. The van der Waals surface area contributed by atoms with Crippen molar-refractivity contribution in [2.24, 2.45) is 5.92 Å². The average Bonchev–Trinajstić information content (AvgIpc) is 2.29. The van der Waals surface area contributed by atoms with Gasteiger partial charge >= 0.3 is 12.1 Å². The van der Waals surface area contributed by atoms with Crippen LogP contribution in [0.3, 0.4) is 0 Å². The molecule has 0 bridgehead atoms. The lowest BCUT2D eigenvalue weighted by molar-refractivity contribution is -0.149. The van der Waals surface area contributed by atoms with Gasteiger partial charge in [-0.3, -0.25) is 4.79 Å². The largest absolute Gasteiger partial charge is 0.466 e. The van der Waals surface area contributed by atoms with Gasteiger partial charge < -0.3 is 14.8 Å². The number of carbonyl (C=O) groups is 2. The van der Waals surface area contributed by atoms with Crippen molar-refractivity contribution in [3.8, 4) is 0 Å². The molecule has 0 radical (unpaired) electrons. The van der Waals surface area contributed by atoms with E-state index in [1.807, 2.05) is 0 Å². The minimum Gasteiger partial charge on any atom is -0.466 e. The van der Waals surface area contributed by atoms with E-state index in [9.17, 15) is 9.59 Å². The average molecular weight is 283 g/mol. The molecule has 0 spiro atoms. The monoisotopic (exact) mass is 283 g/mol. The first-order chi connectivity index (χ1) is 9.24. The van der Waals surface area contributed by atoms with Crippen molar-refractivity contribution < 1.29 is 19.1 Å². The summed E-state index contributed by atoms with van der Waals surface area (Å²) in [6.07, 6.45) is 1.85. The van der Waals surface area contributed by atoms with Gasteiger partial charge in [-0.15, -0.1) is 0 Å². The van der Waals surface area contributed by atoms with E-state index in [1.165, 1.54) is 0 Å². The molecule has 0 saturated heterocycles. The molecule has 0 aromatic carbocycles. The molecule has 1 aliphatic rings. The number of alkyl carbamates (subject to hydrolysis) is 1. The van der Waals surface area contributed by atoms with E-state index in [2.05, 4.69) is 11.9 Å². The van der Waals surface area contributed by atoms with Crippen LogP contribution in [0.25, 0.3) is 0 Å². The van der Waals surface area contributed by atoms with E-state index in [1.54, 1.807) is 27.7 Å². The quantitative estimate of drug-likeness (QED) is 0.639. The lowest BCUT2D eigenvalue weighted by Gasteiger charge is -2.33. The molecule has 114 valence electrons. The summed E-state index contributed by atoms with van der Waals surface area (Å²) in [5.74, 6) is -0.655. The van der Waals surface area contributed by atoms with Crippen LogP contribution in [0, 0.1) is 5.92 Å². The predicted octanol–water partition coefficient (Wildman–Crippen LogP) is 2.80. The Morgan fingerprint density at radius 1 is 1.40 bits per heavy atom. The lowest BCUT2D eigenvalue weighted by Crippen LogP contribution is -2.48. The number of hydrogen-bond donors (Lipinski definition) is 1. The molecule has 1 saturated carbocycles. The van der Waals surface area contributed by atoms with Gasteiger partial charge in [0.05, 0.1) is 18.6 Å². The summed E-state index contributed by atoms with van der Waals surface area (Å²) >= 11 is 0. The summed E-state index contributed by atoms with van der Waals surface area (Å²) in [5.41, 5.74) is 0.277. The highest BCUT2D eigenvalue weighted by Gasteiger charge is 2.36. The molecule has 1 amide bonds. The van der Waals surface area contributed by atoms with Gasteiger partial charge in [0, 0.05) is 0 Å². The summed E-state index contributed by atoms with van der Waals surface area (Å²) in [6, 6.07) is -0.405. The molecule has 0 aromatic heterocycles. The predicted molar refractivity (Wildman–Crippen MR) is 76.3 cm³/mol. The maximum Gasteiger partial charge on any atom is 0.408 e. The van der Waals surface area contributed by atoms with Crippen LogP contribution in [0.1, 0.15) is 47.0 Å². The second-order valence-corrected chi connectivity index (χ2v) is 6.03. The van der Waals surface area contributed by atoms with Crippen molar-refractivity contribution in [3.05, 3.63) is 12.2 Å². The highest BCUT2D eigenvalue weighted by molar-refractivity contribution is 5.76. The third-order valence-corrected chi connectivity index (χ3v) is 3.12. The van der Waals surface area contributed by atoms with Crippen LogP contribution in [-0.4, -0.2) is 30.3 Å². The number of nitrogens with one attached hydrogen (secondary N) is 1. The van der Waals surface area contributed by atoms with Crippen LogP contribution in [0.2, 0.25) is 0 Å². The fourth-order valence-electron chi connectivity index (χ4n) is 2.30. The highest BCUT2D eigenvalue weighted by atomic mass is 16.6. The van der Waals surface area contributed by atoms with Gasteiger partial charge in [0.1, 0.15) is 5.60 Å². The van der Waals surface area contributed by atoms with Crippen molar-refractivity contribution in [2.45, 2.75) is 58.6 Å². The van der Waals surface area contributed by atoms with Crippen molar-refractivity contribution in [3.63, 3.8) is 0 Å². The van der Waals surface area contributed by atoms with Gasteiger partial charge in [0.25, 0.3) is 0 Å². The minimum absolute atomic E-state index is 0.283. The molecule has 0 aromatic rings. The van der Waals surface area contributed by atoms with E-state index in [-0.39, 0.29) is 11.9 Å². The molecule has 5 heteroatoms. The van der Waals surface area contributed by atoms with Gasteiger partial charge in [0.2, 0.25) is 0 Å². The fraction of sp³-hybridized carbons (Fsp3) is 0.733. The van der Waals surface area contributed by atoms with Gasteiger partial charge in [0.15, 0.2) is 0 Å². The van der Waals surface area contributed by atoms with Crippen molar-refractivity contribution in [2.75, 3.05) is 6.61 Å². The summed E-state index contributed by atoms with van der Waals surface area (Å²) in [6.45, 7) is 11.5. The number of ether oxygens (including phenoxy) is 2. The summed E-state index contributed by atoms with van der Waals surface area (Å²) in [5, 5.41) is 2.75. The normalized spacial score (nSPS) is 23.1. The first kappa shape index (κ1) is 16.5. The Bertz CT molecular complexity index is 384. The molecule has 0 unspecified atom stereocenters. The second kappa shape index (κ2) is 6.77. The molecule has 5 nitrogen and oxygen atoms in total. The van der Waals surface area contributed by atoms with Gasteiger partial charge in [-0.05, 0) is 47.0 Å². The smallest absolute Gasteiger partial charge is 0.408 e. The molecule has 1 aliphatic carbocycles. The van der Waals surface area contributed by atoms with Gasteiger partial charge in [-0.1, -0.05) is 12.2 Å². The maximum atomic E-state index is 12.0. The van der Waals surface area contributed by atoms with Crippen LogP contribution in [0.4, 0.5) is 4.79 Å². The van der Waals surface area contributed by atoms with Gasteiger partial charge in [-0.25, -0.2) is 4.79 Å². The van der Waals surface area contributed by atoms with Crippen LogP contribution in [0.5, 0.6) is 0 Å². The maximum absolute atomic E-state index is 12.0. The summed E-state index contributed by atoms with van der Waals surface area (Å²) < 4.78 is 10.3. The Balaban J connectivity index is 2.73. The number of amides is 1. The molecule has 1 N–H and O–H groups in total. The molecular weight excluding hydrogens is 258 g/mol. The topological polar surface area (TPSA) is 64.6 Å². The first-order valence-corrected chi connectivity index (χ1v) is 7.08. The zero-order valence-electron chi connectivity index (χ0n) is 12.8. The Labute approximate surface area is 120 Å². The number of esters is 1. The van der Waals surface area contributed by atoms with Crippen molar-refractivity contribution in [1.82, 2.24) is 5.32 Å². The van der Waals surface area contributed by atoms with Crippen molar-refractivity contribution >= 4 is 12.1 Å². The molecule has 1 rings (SSSR count). The molecule has 2 atom stereocenters. The Kier molecular flexibility index (Phi) is 5.60. The van der Waals surface area contributed by atoms with Crippen LogP contribution < -0.4 is 5.32 Å². The number of hydrogen-bond acceptors (Lipinski definition) is 4. The molecule has 20 heavy (non-hydrogen) atoms. The summed E-state index contributed by atoms with van der Waals surface area (Å²) in [4.78, 5) is 23.8. The number of rotatable bonds is 3. The SMILES string of the molecule is C=C1CCC[C@H](C(=O)OCC)[C@H]1NC(=O)OC(C)(C)C. The van der Waals surface area contributed by atoms with E-state index in [0.29, 0.717) is 13.0 Å². The van der Waals surface area contributed by atoms with Crippen LogP contribution in [0.15, 0.2) is 12.2 Å².